The number of para-hydroxylation sites is 1. The molecule has 0 aliphatic rings. The summed E-state index contributed by atoms with van der Waals surface area (Å²) >= 11 is 2.96. The van der Waals surface area contributed by atoms with Gasteiger partial charge in [-0.3, -0.25) is 14.5 Å². The van der Waals surface area contributed by atoms with Crippen molar-refractivity contribution in [2.24, 2.45) is 5.73 Å². The van der Waals surface area contributed by atoms with E-state index in [0.717, 1.165) is 10.5 Å². The van der Waals surface area contributed by atoms with Crippen LogP contribution in [0.2, 0.25) is 0 Å². The van der Waals surface area contributed by atoms with Crippen molar-refractivity contribution in [1.82, 2.24) is 9.88 Å². The predicted octanol–water partition coefficient (Wildman–Crippen LogP) is 2.92. The Balaban J connectivity index is 1.51. The Labute approximate surface area is 153 Å². The van der Waals surface area contributed by atoms with Crippen LogP contribution in [0, 0.1) is 0 Å². The third-order valence-electron chi connectivity index (χ3n) is 3.65. The fourth-order valence-corrected chi connectivity index (χ4v) is 4.24. The lowest BCUT2D eigenvalue weighted by Gasteiger charge is -2.14. The van der Waals surface area contributed by atoms with Gasteiger partial charge in [0.05, 0.1) is 22.3 Å². The van der Waals surface area contributed by atoms with E-state index in [-0.39, 0.29) is 5.91 Å². The largest absolute Gasteiger partial charge is 0.366 e. The minimum atomic E-state index is -0.537. The lowest BCUT2D eigenvalue weighted by molar-refractivity contribution is -0.116. The second-order valence-corrected chi connectivity index (χ2v) is 7.67. The molecule has 0 saturated heterocycles. The Morgan fingerprint density at radius 1 is 1.28 bits per heavy atom. The molecular weight excluding hydrogens is 356 g/mol. The van der Waals surface area contributed by atoms with Crippen LogP contribution in [0.5, 0.6) is 0 Å². The maximum atomic E-state index is 12.1. The molecule has 3 rings (SSSR count). The number of hydrogen-bond acceptors (Lipinski definition) is 6. The van der Waals surface area contributed by atoms with Gasteiger partial charge < -0.3 is 11.1 Å². The molecule has 130 valence electrons. The maximum absolute atomic E-state index is 12.1. The molecule has 0 fully saturated rings. The third-order valence-corrected chi connectivity index (χ3v) is 5.50. The first-order valence-electron chi connectivity index (χ1n) is 7.73. The predicted molar refractivity (Wildman–Crippen MR) is 102 cm³/mol. The van der Waals surface area contributed by atoms with E-state index in [1.807, 2.05) is 25.2 Å². The minimum absolute atomic E-state index is 0.138. The number of nitrogens with one attached hydrogen (secondary N) is 1. The maximum Gasteiger partial charge on any atom is 0.251 e. The highest BCUT2D eigenvalue weighted by atomic mass is 32.1. The van der Waals surface area contributed by atoms with Gasteiger partial charge in [-0.1, -0.05) is 12.1 Å². The van der Waals surface area contributed by atoms with Crippen LogP contribution in [0.3, 0.4) is 0 Å². The number of thiophene rings is 1. The number of thiazole rings is 1. The van der Waals surface area contributed by atoms with Crippen molar-refractivity contribution in [3.8, 4) is 0 Å². The van der Waals surface area contributed by atoms with Gasteiger partial charge >= 0.3 is 0 Å². The van der Waals surface area contributed by atoms with Crippen molar-refractivity contribution in [3.63, 3.8) is 0 Å². The molecule has 3 aromatic rings. The molecular formula is C17H18N4O2S2. The molecule has 0 bridgehead atoms. The second kappa shape index (κ2) is 7.73. The van der Waals surface area contributed by atoms with Crippen LogP contribution in [0.4, 0.5) is 5.00 Å². The van der Waals surface area contributed by atoms with E-state index in [2.05, 4.69) is 21.3 Å². The average Bonchev–Trinajstić information content (AvgIpc) is 3.18. The van der Waals surface area contributed by atoms with E-state index >= 15 is 0 Å². The number of carbonyl (C=O) groups excluding carboxylic acids is 2. The molecule has 2 amide bonds. The highest BCUT2D eigenvalue weighted by molar-refractivity contribution is 7.18. The zero-order valence-electron chi connectivity index (χ0n) is 13.7. The van der Waals surface area contributed by atoms with Crippen molar-refractivity contribution in [3.05, 3.63) is 46.3 Å². The van der Waals surface area contributed by atoms with Gasteiger partial charge in [0, 0.05) is 13.0 Å². The van der Waals surface area contributed by atoms with Gasteiger partial charge in [-0.25, -0.2) is 4.98 Å². The molecule has 0 spiro atoms. The Bertz CT molecular complexity index is 870. The monoisotopic (exact) mass is 374 g/mol. The van der Waals surface area contributed by atoms with E-state index in [0.29, 0.717) is 30.1 Å². The van der Waals surface area contributed by atoms with Gasteiger partial charge in [0.15, 0.2) is 0 Å². The number of benzene rings is 1. The molecule has 25 heavy (non-hydrogen) atoms. The molecule has 0 atom stereocenters. The molecule has 2 heterocycles. The highest BCUT2D eigenvalue weighted by Crippen LogP contribution is 2.23. The molecule has 0 aliphatic heterocycles. The summed E-state index contributed by atoms with van der Waals surface area (Å²) in [6.45, 7) is 1.29. The number of nitrogens with two attached hydrogens (primary N) is 1. The summed E-state index contributed by atoms with van der Waals surface area (Å²) in [5, 5.41) is 6.01. The first kappa shape index (κ1) is 17.5. The summed E-state index contributed by atoms with van der Waals surface area (Å²) in [6, 6.07) is 9.65. The average molecular weight is 374 g/mol. The minimum Gasteiger partial charge on any atom is -0.366 e. The van der Waals surface area contributed by atoms with E-state index in [4.69, 9.17) is 5.73 Å². The second-order valence-electron chi connectivity index (χ2n) is 5.64. The standard InChI is InChI=1S/C17H18N4O2S2/c1-21(10-15-19-12-4-2-3-5-13(12)25-15)8-6-14(22)20-17-11(16(18)23)7-9-24-17/h2-5,7,9H,6,8,10H2,1H3,(H2,18,23)(H,20,22). The van der Waals surface area contributed by atoms with Crippen LogP contribution in [-0.2, 0) is 11.3 Å². The number of anilines is 1. The molecule has 0 unspecified atom stereocenters. The third kappa shape index (κ3) is 4.41. The van der Waals surface area contributed by atoms with Crippen molar-refractivity contribution >= 4 is 49.7 Å². The summed E-state index contributed by atoms with van der Waals surface area (Å²) in [5.41, 5.74) is 6.63. The highest BCUT2D eigenvalue weighted by Gasteiger charge is 2.13. The van der Waals surface area contributed by atoms with E-state index in [9.17, 15) is 9.59 Å². The molecule has 3 N–H and O–H groups in total. The summed E-state index contributed by atoms with van der Waals surface area (Å²) in [4.78, 5) is 30.0. The Morgan fingerprint density at radius 3 is 2.84 bits per heavy atom. The molecule has 0 radical (unpaired) electrons. The molecule has 6 nitrogen and oxygen atoms in total. The quantitative estimate of drug-likeness (QED) is 0.665. The van der Waals surface area contributed by atoms with Crippen molar-refractivity contribution in [2.75, 3.05) is 18.9 Å². The Kier molecular flexibility index (Phi) is 5.42. The number of hydrogen-bond donors (Lipinski definition) is 2. The zero-order valence-corrected chi connectivity index (χ0v) is 15.3. The van der Waals surface area contributed by atoms with Crippen LogP contribution in [0.25, 0.3) is 10.2 Å². The van der Waals surface area contributed by atoms with Gasteiger partial charge in [0.2, 0.25) is 5.91 Å². The summed E-state index contributed by atoms with van der Waals surface area (Å²) < 4.78 is 1.17. The van der Waals surface area contributed by atoms with Crippen LogP contribution < -0.4 is 11.1 Å². The van der Waals surface area contributed by atoms with E-state index in [1.54, 1.807) is 22.8 Å². The number of carbonyl (C=O) groups is 2. The van der Waals surface area contributed by atoms with Crippen molar-refractivity contribution in [2.45, 2.75) is 13.0 Å². The SMILES string of the molecule is CN(CCC(=O)Nc1sccc1C(N)=O)Cc1nc2ccccc2s1. The lowest BCUT2D eigenvalue weighted by atomic mass is 10.3. The molecule has 0 saturated carbocycles. The zero-order chi connectivity index (χ0) is 17.8. The van der Waals surface area contributed by atoms with Gasteiger partial charge in [0.25, 0.3) is 5.91 Å². The van der Waals surface area contributed by atoms with Gasteiger partial charge in [-0.05, 0) is 30.6 Å². The number of primary amides is 1. The number of amides is 2. The van der Waals surface area contributed by atoms with Crippen LogP contribution in [0.1, 0.15) is 21.8 Å². The Hall–Kier alpha value is -2.29. The number of aromatic nitrogens is 1. The molecule has 8 heteroatoms. The smallest absolute Gasteiger partial charge is 0.251 e. The van der Waals surface area contributed by atoms with Crippen LogP contribution in [0.15, 0.2) is 35.7 Å². The van der Waals surface area contributed by atoms with Gasteiger partial charge in [0.1, 0.15) is 10.0 Å². The summed E-state index contributed by atoms with van der Waals surface area (Å²) in [7, 11) is 1.96. The summed E-state index contributed by atoms with van der Waals surface area (Å²) in [6.07, 6.45) is 0.331. The topological polar surface area (TPSA) is 88.3 Å². The first-order valence-corrected chi connectivity index (χ1v) is 9.42. The molecule has 0 aliphatic carbocycles. The molecule has 1 aromatic carbocycles. The van der Waals surface area contributed by atoms with Gasteiger partial charge in [-0.15, -0.1) is 22.7 Å². The van der Waals surface area contributed by atoms with Crippen LogP contribution >= 0.6 is 22.7 Å². The Morgan fingerprint density at radius 2 is 2.08 bits per heavy atom. The fourth-order valence-electron chi connectivity index (χ4n) is 2.38. The lowest BCUT2D eigenvalue weighted by Crippen LogP contribution is -2.24. The van der Waals surface area contributed by atoms with Crippen molar-refractivity contribution < 1.29 is 9.59 Å². The van der Waals surface area contributed by atoms with Crippen LogP contribution in [-0.4, -0.2) is 35.3 Å². The number of fused-ring (bicyclic) bond motifs is 1. The summed E-state index contributed by atoms with van der Waals surface area (Å²) in [5.74, 6) is -0.675. The first-order chi connectivity index (χ1) is 12.0. The van der Waals surface area contributed by atoms with E-state index < -0.39 is 5.91 Å². The molecule has 2 aromatic heterocycles. The fraction of sp³-hybridized carbons (Fsp3) is 0.235. The van der Waals surface area contributed by atoms with Crippen molar-refractivity contribution in [1.29, 1.82) is 0 Å². The number of nitrogens with zero attached hydrogens (tertiary/aromatic N) is 2. The van der Waals surface area contributed by atoms with Gasteiger partial charge in [-0.2, -0.15) is 0 Å². The van der Waals surface area contributed by atoms with E-state index in [1.165, 1.54) is 16.0 Å². The normalized spacial score (nSPS) is 11.1. The number of rotatable bonds is 7.